The van der Waals surface area contributed by atoms with E-state index in [9.17, 15) is 8.42 Å². The fourth-order valence-corrected chi connectivity index (χ4v) is 3.55. The number of hydrogen-bond donors (Lipinski definition) is 2. The maximum atomic E-state index is 12.0. The van der Waals surface area contributed by atoms with E-state index in [1.807, 2.05) is 6.07 Å². The highest BCUT2D eigenvalue weighted by molar-refractivity contribution is 7.90. The molecule has 7 heteroatoms. The van der Waals surface area contributed by atoms with Gasteiger partial charge in [-0.3, -0.25) is 0 Å². The molecule has 0 amide bonds. The summed E-state index contributed by atoms with van der Waals surface area (Å²) in [6, 6.07) is 4.12. The summed E-state index contributed by atoms with van der Waals surface area (Å²) in [6.45, 7) is 10.6. The SMILES string of the molecule is Cc1c(NCCCCCNS(=O)(=O)C(C)(C)C)ccc(-c2cnco2)c1C. The molecule has 0 aliphatic carbocycles. The molecular formula is C20H31N3O3S. The van der Waals surface area contributed by atoms with Gasteiger partial charge in [0, 0.05) is 24.3 Å². The van der Waals surface area contributed by atoms with Crippen LogP contribution in [0.3, 0.4) is 0 Å². The molecule has 0 spiro atoms. The van der Waals surface area contributed by atoms with Crippen LogP contribution in [0.25, 0.3) is 11.3 Å². The van der Waals surface area contributed by atoms with Crippen LogP contribution in [0.1, 0.15) is 51.2 Å². The van der Waals surface area contributed by atoms with E-state index in [0.29, 0.717) is 6.54 Å². The summed E-state index contributed by atoms with van der Waals surface area (Å²) in [5, 5.41) is 3.47. The Bertz CT molecular complexity index is 838. The first-order valence-electron chi connectivity index (χ1n) is 9.35. The van der Waals surface area contributed by atoms with Crippen molar-refractivity contribution < 1.29 is 12.8 Å². The second-order valence-electron chi connectivity index (χ2n) is 7.77. The number of unbranched alkanes of at least 4 members (excludes halogenated alkanes) is 2. The second kappa shape index (κ2) is 8.89. The van der Waals surface area contributed by atoms with Gasteiger partial charge in [-0.2, -0.15) is 0 Å². The molecule has 0 radical (unpaired) electrons. The Morgan fingerprint density at radius 1 is 1.04 bits per heavy atom. The van der Waals surface area contributed by atoms with E-state index in [4.69, 9.17) is 4.42 Å². The van der Waals surface area contributed by atoms with E-state index in [-0.39, 0.29) is 0 Å². The van der Waals surface area contributed by atoms with Gasteiger partial charge >= 0.3 is 0 Å². The Morgan fingerprint density at radius 2 is 1.74 bits per heavy atom. The molecule has 0 unspecified atom stereocenters. The lowest BCUT2D eigenvalue weighted by Gasteiger charge is -2.19. The zero-order chi connectivity index (χ0) is 20.1. The van der Waals surface area contributed by atoms with Crippen LogP contribution in [0.5, 0.6) is 0 Å². The Hall–Kier alpha value is -1.86. The highest BCUT2D eigenvalue weighted by Crippen LogP contribution is 2.29. The lowest BCUT2D eigenvalue weighted by Crippen LogP contribution is -2.39. The summed E-state index contributed by atoms with van der Waals surface area (Å²) in [6.07, 6.45) is 5.95. The molecule has 0 bridgehead atoms. The van der Waals surface area contributed by atoms with Crippen LogP contribution < -0.4 is 10.0 Å². The highest BCUT2D eigenvalue weighted by Gasteiger charge is 2.27. The zero-order valence-corrected chi connectivity index (χ0v) is 17.7. The monoisotopic (exact) mass is 393 g/mol. The van der Waals surface area contributed by atoms with Gasteiger partial charge in [-0.05, 0) is 70.7 Å². The molecule has 150 valence electrons. The minimum Gasteiger partial charge on any atom is -0.444 e. The Labute approximate surface area is 162 Å². The van der Waals surface area contributed by atoms with Crippen molar-refractivity contribution in [1.82, 2.24) is 9.71 Å². The van der Waals surface area contributed by atoms with E-state index >= 15 is 0 Å². The molecular weight excluding hydrogens is 362 g/mol. The molecule has 0 saturated heterocycles. The first kappa shape index (κ1) is 21.4. The third-order valence-corrected chi connectivity index (χ3v) is 6.95. The van der Waals surface area contributed by atoms with Gasteiger partial charge < -0.3 is 9.73 Å². The first-order chi connectivity index (χ1) is 12.6. The Kier molecular flexibility index (Phi) is 7.06. The fraction of sp³-hybridized carbons (Fsp3) is 0.550. The highest BCUT2D eigenvalue weighted by atomic mass is 32.2. The maximum absolute atomic E-state index is 12.0. The van der Waals surface area contributed by atoms with Crippen LogP contribution in [0.4, 0.5) is 5.69 Å². The summed E-state index contributed by atoms with van der Waals surface area (Å²) in [5.41, 5.74) is 4.54. The van der Waals surface area contributed by atoms with Crippen molar-refractivity contribution in [1.29, 1.82) is 0 Å². The number of oxazole rings is 1. The molecule has 2 rings (SSSR count). The normalized spacial score (nSPS) is 12.3. The molecule has 1 aromatic carbocycles. The van der Waals surface area contributed by atoms with E-state index in [1.165, 1.54) is 17.5 Å². The number of sulfonamides is 1. The van der Waals surface area contributed by atoms with Crippen LogP contribution >= 0.6 is 0 Å². The first-order valence-corrected chi connectivity index (χ1v) is 10.8. The van der Waals surface area contributed by atoms with Gasteiger partial charge in [0.2, 0.25) is 10.0 Å². The second-order valence-corrected chi connectivity index (χ2v) is 10.3. The van der Waals surface area contributed by atoms with Gasteiger partial charge in [-0.15, -0.1) is 0 Å². The number of hydrogen-bond acceptors (Lipinski definition) is 5. The summed E-state index contributed by atoms with van der Waals surface area (Å²) < 4.78 is 31.3. The fourth-order valence-electron chi connectivity index (χ4n) is 2.70. The molecule has 27 heavy (non-hydrogen) atoms. The average Bonchev–Trinajstić information content (AvgIpc) is 3.11. The number of aromatic nitrogens is 1. The molecule has 2 aromatic rings. The Balaban J connectivity index is 1.76. The topological polar surface area (TPSA) is 84.2 Å². The van der Waals surface area contributed by atoms with Gasteiger partial charge in [0.15, 0.2) is 12.2 Å². The van der Waals surface area contributed by atoms with Crippen LogP contribution in [-0.4, -0.2) is 31.2 Å². The van der Waals surface area contributed by atoms with Crippen LogP contribution in [-0.2, 0) is 10.0 Å². The molecule has 0 aliphatic rings. The molecule has 6 nitrogen and oxygen atoms in total. The predicted octanol–water partition coefficient (Wildman–Crippen LogP) is 4.26. The molecule has 1 aromatic heterocycles. The van der Waals surface area contributed by atoms with Gasteiger partial charge in [0.05, 0.1) is 10.9 Å². The van der Waals surface area contributed by atoms with E-state index in [1.54, 1.807) is 27.0 Å². The van der Waals surface area contributed by atoms with Gasteiger partial charge in [0.1, 0.15) is 0 Å². The molecule has 0 fully saturated rings. The minimum atomic E-state index is -3.24. The molecule has 1 heterocycles. The third kappa shape index (κ3) is 5.56. The number of benzene rings is 1. The van der Waals surface area contributed by atoms with E-state index in [2.05, 4.69) is 34.9 Å². The number of rotatable bonds is 9. The molecule has 2 N–H and O–H groups in total. The van der Waals surface area contributed by atoms with Crippen molar-refractivity contribution in [3.8, 4) is 11.3 Å². The summed E-state index contributed by atoms with van der Waals surface area (Å²) in [4.78, 5) is 3.98. The van der Waals surface area contributed by atoms with Gasteiger partial charge in [-0.25, -0.2) is 18.1 Å². The Morgan fingerprint density at radius 3 is 2.37 bits per heavy atom. The summed E-state index contributed by atoms with van der Waals surface area (Å²) >= 11 is 0. The van der Waals surface area contributed by atoms with Crippen molar-refractivity contribution in [2.45, 2.75) is 58.6 Å². The molecule has 0 saturated carbocycles. The molecule has 0 aliphatic heterocycles. The van der Waals surface area contributed by atoms with Gasteiger partial charge in [0.25, 0.3) is 0 Å². The van der Waals surface area contributed by atoms with Crippen molar-refractivity contribution in [2.24, 2.45) is 0 Å². The summed E-state index contributed by atoms with van der Waals surface area (Å²) in [7, 11) is -3.24. The maximum Gasteiger partial charge on any atom is 0.216 e. The third-order valence-electron chi connectivity index (χ3n) is 4.75. The van der Waals surface area contributed by atoms with Crippen LogP contribution in [0.15, 0.2) is 29.1 Å². The smallest absolute Gasteiger partial charge is 0.216 e. The van der Waals surface area contributed by atoms with Crippen molar-refractivity contribution in [3.63, 3.8) is 0 Å². The van der Waals surface area contributed by atoms with Crippen molar-refractivity contribution >= 4 is 15.7 Å². The lowest BCUT2D eigenvalue weighted by atomic mass is 10.00. The number of nitrogens with one attached hydrogen (secondary N) is 2. The zero-order valence-electron chi connectivity index (χ0n) is 16.9. The van der Waals surface area contributed by atoms with Crippen molar-refractivity contribution in [2.75, 3.05) is 18.4 Å². The summed E-state index contributed by atoms with van der Waals surface area (Å²) in [5.74, 6) is 0.778. The minimum absolute atomic E-state index is 0.490. The quantitative estimate of drug-likeness (QED) is 0.622. The largest absolute Gasteiger partial charge is 0.444 e. The number of anilines is 1. The van der Waals surface area contributed by atoms with Crippen LogP contribution in [0.2, 0.25) is 0 Å². The van der Waals surface area contributed by atoms with E-state index < -0.39 is 14.8 Å². The molecule has 0 atom stereocenters. The van der Waals surface area contributed by atoms with E-state index in [0.717, 1.165) is 42.8 Å². The van der Waals surface area contributed by atoms with Crippen molar-refractivity contribution in [3.05, 3.63) is 35.9 Å². The van der Waals surface area contributed by atoms with Crippen LogP contribution in [0, 0.1) is 13.8 Å². The average molecular weight is 394 g/mol. The number of nitrogens with zero attached hydrogens (tertiary/aromatic N) is 1. The standard InChI is InChI=1S/C20H31N3O3S/c1-15-16(2)18(10-9-17(15)19-13-21-14-26-19)22-11-7-6-8-12-23-27(24,25)20(3,4)5/h9-10,13-14,22-23H,6-8,11-12H2,1-5H3. The predicted molar refractivity (Wildman–Crippen MR) is 110 cm³/mol. The lowest BCUT2D eigenvalue weighted by molar-refractivity contribution is 0.540. The van der Waals surface area contributed by atoms with Gasteiger partial charge in [-0.1, -0.05) is 6.42 Å².